The van der Waals surface area contributed by atoms with Crippen LogP contribution in [0.4, 0.5) is 0 Å². The number of halogens is 2. The van der Waals surface area contributed by atoms with Gasteiger partial charge in [-0.2, -0.15) is 0 Å². The van der Waals surface area contributed by atoms with Crippen molar-refractivity contribution in [2.24, 2.45) is 5.73 Å². The zero-order chi connectivity index (χ0) is 15.3. The van der Waals surface area contributed by atoms with Gasteiger partial charge in [-0.3, -0.25) is 9.36 Å². The van der Waals surface area contributed by atoms with Crippen LogP contribution in [0.1, 0.15) is 37.2 Å². The Balaban J connectivity index is 0.00000242. The average Bonchev–Trinajstić information content (AvgIpc) is 3.03. The Labute approximate surface area is 149 Å². The van der Waals surface area contributed by atoms with Gasteiger partial charge < -0.3 is 11.1 Å². The summed E-state index contributed by atoms with van der Waals surface area (Å²) in [4.78, 5) is 16.4. The maximum absolute atomic E-state index is 12.4. The lowest BCUT2D eigenvalue weighted by Gasteiger charge is -2.26. The minimum Gasteiger partial charge on any atom is -0.349 e. The van der Waals surface area contributed by atoms with Crippen LogP contribution in [-0.4, -0.2) is 27.5 Å². The molecule has 0 atom stereocenters. The van der Waals surface area contributed by atoms with Crippen molar-refractivity contribution in [1.29, 1.82) is 0 Å². The molecule has 1 amide bonds. The molecule has 1 heterocycles. The standard InChI is InChI=1S/C16H22N4O.2ClH/c1-3-16(17,4-2)11-19-15(21)14-10-18-12-20(14)13-8-6-5-7-9-13;;/h5-10,12H,3-4,11,17H2,1-2H3,(H,19,21);2*1H. The summed E-state index contributed by atoms with van der Waals surface area (Å²) >= 11 is 0. The van der Waals surface area contributed by atoms with Gasteiger partial charge in [0.05, 0.1) is 12.5 Å². The Morgan fingerprint density at radius 1 is 1.22 bits per heavy atom. The van der Waals surface area contributed by atoms with E-state index < -0.39 is 0 Å². The van der Waals surface area contributed by atoms with Crippen molar-refractivity contribution >= 4 is 30.7 Å². The fraction of sp³-hybridized carbons (Fsp3) is 0.375. The molecule has 0 saturated carbocycles. The van der Waals surface area contributed by atoms with Crippen LogP contribution in [0.25, 0.3) is 5.69 Å². The molecule has 1 aromatic carbocycles. The molecule has 2 aromatic rings. The van der Waals surface area contributed by atoms with Gasteiger partial charge in [-0.1, -0.05) is 32.0 Å². The molecule has 0 spiro atoms. The number of aromatic nitrogens is 2. The van der Waals surface area contributed by atoms with Crippen LogP contribution in [0.5, 0.6) is 0 Å². The van der Waals surface area contributed by atoms with E-state index in [0.717, 1.165) is 18.5 Å². The monoisotopic (exact) mass is 358 g/mol. The molecule has 0 fully saturated rings. The van der Waals surface area contributed by atoms with Gasteiger partial charge in [0, 0.05) is 17.8 Å². The van der Waals surface area contributed by atoms with E-state index in [2.05, 4.69) is 10.3 Å². The van der Waals surface area contributed by atoms with Gasteiger partial charge in [0.25, 0.3) is 5.91 Å². The highest BCUT2D eigenvalue weighted by Gasteiger charge is 2.22. The molecular weight excluding hydrogens is 335 g/mol. The summed E-state index contributed by atoms with van der Waals surface area (Å²) in [5.74, 6) is -0.159. The average molecular weight is 359 g/mol. The fourth-order valence-corrected chi connectivity index (χ4v) is 2.10. The lowest BCUT2D eigenvalue weighted by atomic mass is 9.94. The van der Waals surface area contributed by atoms with E-state index >= 15 is 0 Å². The molecule has 5 nitrogen and oxygen atoms in total. The van der Waals surface area contributed by atoms with Gasteiger partial charge in [-0.25, -0.2) is 4.98 Å². The number of carbonyl (C=O) groups is 1. The van der Waals surface area contributed by atoms with Crippen molar-refractivity contribution in [2.45, 2.75) is 32.2 Å². The summed E-state index contributed by atoms with van der Waals surface area (Å²) in [6.45, 7) is 4.52. The third-order valence-electron chi connectivity index (χ3n) is 3.91. The van der Waals surface area contributed by atoms with Crippen LogP contribution in [0.15, 0.2) is 42.9 Å². The topological polar surface area (TPSA) is 72.9 Å². The van der Waals surface area contributed by atoms with E-state index in [4.69, 9.17) is 5.73 Å². The number of para-hydroxylation sites is 1. The molecule has 0 unspecified atom stereocenters. The number of amides is 1. The Hall–Kier alpha value is -1.56. The molecule has 0 aliphatic rings. The molecule has 0 aliphatic heterocycles. The molecule has 0 bridgehead atoms. The largest absolute Gasteiger partial charge is 0.349 e. The van der Waals surface area contributed by atoms with E-state index in [-0.39, 0.29) is 36.3 Å². The molecule has 3 N–H and O–H groups in total. The van der Waals surface area contributed by atoms with E-state index in [0.29, 0.717) is 12.2 Å². The number of nitrogens with two attached hydrogens (primary N) is 1. The minimum atomic E-state index is -0.354. The number of carbonyl (C=O) groups excluding carboxylic acids is 1. The summed E-state index contributed by atoms with van der Waals surface area (Å²) in [7, 11) is 0. The first-order chi connectivity index (χ1) is 10.1. The number of rotatable bonds is 6. The van der Waals surface area contributed by atoms with Crippen molar-refractivity contribution in [3.63, 3.8) is 0 Å². The number of nitrogens with one attached hydrogen (secondary N) is 1. The first-order valence-corrected chi connectivity index (χ1v) is 7.24. The molecule has 7 heteroatoms. The van der Waals surface area contributed by atoms with Gasteiger partial charge in [0.15, 0.2) is 0 Å². The summed E-state index contributed by atoms with van der Waals surface area (Å²) < 4.78 is 1.77. The fourth-order valence-electron chi connectivity index (χ4n) is 2.10. The Kier molecular flexibility index (Phi) is 8.90. The van der Waals surface area contributed by atoms with E-state index in [1.165, 1.54) is 0 Å². The van der Waals surface area contributed by atoms with Crippen molar-refractivity contribution in [1.82, 2.24) is 14.9 Å². The Morgan fingerprint density at radius 3 is 2.39 bits per heavy atom. The molecule has 128 valence electrons. The summed E-state index contributed by atoms with van der Waals surface area (Å²) in [6, 6.07) is 9.66. The van der Waals surface area contributed by atoms with Crippen LogP contribution in [-0.2, 0) is 0 Å². The van der Waals surface area contributed by atoms with Crippen LogP contribution < -0.4 is 11.1 Å². The molecule has 0 aliphatic carbocycles. The van der Waals surface area contributed by atoms with Gasteiger partial charge in [-0.05, 0) is 25.0 Å². The molecule has 1 aromatic heterocycles. The number of hydrogen-bond acceptors (Lipinski definition) is 3. The molecule has 23 heavy (non-hydrogen) atoms. The summed E-state index contributed by atoms with van der Waals surface area (Å²) in [6.07, 6.45) is 4.85. The van der Waals surface area contributed by atoms with Crippen molar-refractivity contribution in [3.05, 3.63) is 48.5 Å². The van der Waals surface area contributed by atoms with E-state index in [9.17, 15) is 4.79 Å². The maximum atomic E-state index is 12.4. The van der Waals surface area contributed by atoms with Crippen LogP contribution >= 0.6 is 24.8 Å². The third kappa shape index (κ3) is 5.23. The Morgan fingerprint density at radius 2 is 1.83 bits per heavy atom. The highest BCUT2D eigenvalue weighted by Crippen LogP contribution is 2.12. The number of nitrogens with zero attached hydrogens (tertiary/aromatic N) is 2. The van der Waals surface area contributed by atoms with Gasteiger partial charge in [-0.15, -0.1) is 24.8 Å². The van der Waals surface area contributed by atoms with Gasteiger partial charge >= 0.3 is 0 Å². The molecule has 0 radical (unpaired) electrons. The second-order valence-electron chi connectivity index (χ2n) is 5.24. The lowest BCUT2D eigenvalue weighted by Crippen LogP contribution is -2.49. The smallest absolute Gasteiger partial charge is 0.269 e. The highest BCUT2D eigenvalue weighted by molar-refractivity contribution is 5.93. The number of imidazole rings is 1. The SMILES string of the molecule is CCC(N)(CC)CNC(=O)c1cncn1-c1ccccc1.Cl.Cl. The van der Waals surface area contributed by atoms with Crippen molar-refractivity contribution in [2.75, 3.05) is 6.54 Å². The minimum absolute atomic E-state index is 0. The highest BCUT2D eigenvalue weighted by atomic mass is 35.5. The third-order valence-corrected chi connectivity index (χ3v) is 3.91. The van der Waals surface area contributed by atoms with E-state index in [1.807, 2.05) is 44.2 Å². The quantitative estimate of drug-likeness (QED) is 0.833. The lowest BCUT2D eigenvalue weighted by molar-refractivity contribution is 0.0935. The zero-order valence-corrected chi connectivity index (χ0v) is 15.0. The molecular formula is C16H24Cl2N4O. The zero-order valence-electron chi connectivity index (χ0n) is 13.4. The summed E-state index contributed by atoms with van der Waals surface area (Å²) in [5, 5.41) is 2.91. The second kappa shape index (κ2) is 9.55. The molecule has 2 rings (SSSR count). The first-order valence-electron chi connectivity index (χ1n) is 7.24. The van der Waals surface area contributed by atoms with Gasteiger partial charge in [0.2, 0.25) is 0 Å². The maximum Gasteiger partial charge on any atom is 0.269 e. The normalized spacial score (nSPS) is 10.4. The predicted octanol–water partition coefficient (Wildman–Crippen LogP) is 2.96. The summed E-state index contributed by atoms with van der Waals surface area (Å²) in [5.41, 5.74) is 7.27. The van der Waals surface area contributed by atoms with Crippen LogP contribution in [0, 0.1) is 0 Å². The van der Waals surface area contributed by atoms with E-state index in [1.54, 1.807) is 17.1 Å². The number of benzene rings is 1. The van der Waals surface area contributed by atoms with Crippen LogP contribution in [0.3, 0.4) is 0 Å². The van der Waals surface area contributed by atoms with Crippen LogP contribution in [0.2, 0.25) is 0 Å². The Bertz CT molecular complexity index is 597. The van der Waals surface area contributed by atoms with Gasteiger partial charge in [0.1, 0.15) is 5.69 Å². The first kappa shape index (κ1) is 21.4. The van der Waals surface area contributed by atoms with Crippen molar-refractivity contribution in [3.8, 4) is 5.69 Å². The molecule has 0 saturated heterocycles. The second-order valence-corrected chi connectivity index (χ2v) is 5.24. The predicted molar refractivity (Wildman–Crippen MR) is 97.9 cm³/mol. The number of hydrogen-bond donors (Lipinski definition) is 2. The van der Waals surface area contributed by atoms with Crippen molar-refractivity contribution < 1.29 is 4.79 Å².